The summed E-state index contributed by atoms with van der Waals surface area (Å²) in [5.41, 5.74) is 10.7. The molecule has 0 saturated carbocycles. The first kappa shape index (κ1) is 23.1. The number of nitrogen functional groups attached to an aromatic ring is 1. The van der Waals surface area contributed by atoms with E-state index < -0.39 is 6.61 Å². The summed E-state index contributed by atoms with van der Waals surface area (Å²) in [6.45, 7) is 4.81. The molecule has 1 unspecified atom stereocenters. The van der Waals surface area contributed by atoms with Gasteiger partial charge >= 0.3 is 12.6 Å². The lowest BCUT2D eigenvalue weighted by Crippen LogP contribution is -2.62. The van der Waals surface area contributed by atoms with E-state index >= 15 is 0 Å². The average Bonchev–Trinajstić information content (AvgIpc) is 3.40. The van der Waals surface area contributed by atoms with E-state index in [1.165, 1.54) is 12.3 Å². The lowest BCUT2D eigenvalue weighted by atomic mass is 9.76. The van der Waals surface area contributed by atoms with Crippen molar-refractivity contribution in [2.75, 3.05) is 18.8 Å². The number of rotatable bonds is 5. The van der Waals surface area contributed by atoms with Crippen molar-refractivity contribution in [3.8, 4) is 17.0 Å². The third-order valence-electron chi connectivity index (χ3n) is 7.12. The number of nitrogens with zero attached hydrogens (tertiary/aromatic N) is 6. The minimum atomic E-state index is -3.00. The van der Waals surface area contributed by atoms with Gasteiger partial charge in [-0.25, -0.2) is 9.78 Å². The molecule has 1 atom stereocenters. The SMILES string of the molecule is Cc1nn(C)c(C(C)NC(=O)N2CC3(CCn4nc(-c5cnc(N)c(OC(F)F)c5)cc43)C2)c1C. The van der Waals surface area contributed by atoms with Crippen molar-refractivity contribution in [2.45, 2.75) is 51.8 Å². The maximum absolute atomic E-state index is 12.9. The van der Waals surface area contributed by atoms with Crippen LogP contribution in [0.2, 0.25) is 0 Å². The molecule has 0 aliphatic carbocycles. The van der Waals surface area contributed by atoms with Gasteiger partial charge in [0, 0.05) is 49.6 Å². The molecule has 10 nitrogen and oxygen atoms in total. The Balaban J connectivity index is 1.29. The van der Waals surface area contributed by atoms with Crippen LogP contribution in [-0.4, -0.2) is 55.2 Å². The maximum Gasteiger partial charge on any atom is 0.387 e. The number of aryl methyl sites for hydroxylation is 3. The zero-order chi connectivity index (χ0) is 25.1. The number of nitrogens with two attached hydrogens (primary N) is 1. The van der Waals surface area contributed by atoms with Gasteiger partial charge in [0.25, 0.3) is 0 Å². The highest BCUT2D eigenvalue weighted by atomic mass is 19.3. The molecular weight excluding hydrogens is 458 g/mol. The number of hydrogen-bond acceptors (Lipinski definition) is 6. The van der Waals surface area contributed by atoms with Gasteiger partial charge in [0.2, 0.25) is 0 Å². The number of carbonyl (C=O) groups excluding carboxylic acids is 1. The summed E-state index contributed by atoms with van der Waals surface area (Å²) in [5, 5.41) is 12.2. The molecule has 3 aromatic rings. The molecule has 3 N–H and O–H groups in total. The Labute approximate surface area is 201 Å². The Morgan fingerprint density at radius 2 is 2.00 bits per heavy atom. The van der Waals surface area contributed by atoms with Crippen molar-refractivity contribution in [1.82, 2.24) is 34.8 Å². The number of hydrogen-bond donors (Lipinski definition) is 2. The fraction of sp³-hybridized carbons (Fsp3) is 0.478. The molecule has 0 aromatic carbocycles. The number of ether oxygens (including phenoxy) is 1. The maximum atomic E-state index is 12.9. The molecule has 3 aromatic heterocycles. The third kappa shape index (κ3) is 3.86. The van der Waals surface area contributed by atoms with E-state index in [0.29, 0.717) is 24.3 Å². The number of halogens is 2. The highest BCUT2D eigenvalue weighted by Gasteiger charge is 2.51. The van der Waals surface area contributed by atoms with E-state index in [2.05, 4.69) is 25.2 Å². The van der Waals surface area contributed by atoms with Gasteiger partial charge in [0.1, 0.15) is 0 Å². The molecule has 0 bridgehead atoms. The summed E-state index contributed by atoms with van der Waals surface area (Å²) in [5.74, 6) is -0.288. The van der Waals surface area contributed by atoms with Crippen molar-refractivity contribution in [1.29, 1.82) is 0 Å². The summed E-state index contributed by atoms with van der Waals surface area (Å²) in [4.78, 5) is 18.7. The summed E-state index contributed by atoms with van der Waals surface area (Å²) in [6.07, 6.45) is 2.37. The van der Waals surface area contributed by atoms with Crippen molar-refractivity contribution in [3.05, 3.63) is 41.0 Å². The molecule has 2 amide bonds. The van der Waals surface area contributed by atoms with Gasteiger partial charge in [0.05, 0.1) is 23.1 Å². The van der Waals surface area contributed by atoms with Crippen molar-refractivity contribution in [3.63, 3.8) is 0 Å². The quantitative estimate of drug-likeness (QED) is 0.573. The second-order valence-electron chi connectivity index (χ2n) is 9.40. The first-order chi connectivity index (χ1) is 16.6. The van der Waals surface area contributed by atoms with Crippen LogP contribution in [0.15, 0.2) is 18.3 Å². The van der Waals surface area contributed by atoms with Crippen molar-refractivity contribution in [2.24, 2.45) is 7.05 Å². The van der Waals surface area contributed by atoms with Crippen molar-refractivity contribution < 1.29 is 18.3 Å². The first-order valence-corrected chi connectivity index (χ1v) is 11.4. The number of aromatic nitrogens is 5. The van der Waals surface area contributed by atoms with Gasteiger partial charge in [-0.1, -0.05) is 0 Å². The predicted octanol–water partition coefficient (Wildman–Crippen LogP) is 2.91. The molecule has 0 radical (unpaired) electrons. The number of pyridine rings is 1. The summed E-state index contributed by atoms with van der Waals surface area (Å²) in [6, 6.07) is 3.07. The van der Waals surface area contributed by atoms with Crippen LogP contribution < -0.4 is 15.8 Å². The van der Waals surface area contributed by atoms with Crippen LogP contribution in [0, 0.1) is 13.8 Å². The molecule has 1 fully saturated rings. The predicted molar refractivity (Wildman–Crippen MR) is 124 cm³/mol. The number of carbonyl (C=O) groups is 1. The number of fused-ring (bicyclic) bond motifs is 2. The minimum absolute atomic E-state index is 0.108. The monoisotopic (exact) mass is 486 g/mol. The molecule has 2 aliphatic rings. The molecule has 2 aliphatic heterocycles. The van der Waals surface area contributed by atoms with Gasteiger partial charge in [0.15, 0.2) is 11.6 Å². The lowest BCUT2D eigenvalue weighted by molar-refractivity contribution is -0.0494. The molecule has 12 heteroatoms. The summed E-state index contributed by atoms with van der Waals surface area (Å²) >= 11 is 0. The number of anilines is 1. The highest BCUT2D eigenvalue weighted by molar-refractivity contribution is 5.76. The zero-order valence-electron chi connectivity index (χ0n) is 20.0. The van der Waals surface area contributed by atoms with Crippen LogP contribution in [-0.2, 0) is 19.0 Å². The van der Waals surface area contributed by atoms with Gasteiger partial charge < -0.3 is 20.7 Å². The Kier molecular flexibility index (Phi) is 5.41. The second kappa shape index (κ2) is 8.21. The average molecular weight is 487 g/mol. The summed E-state index contributed by atoms with van der Waals surface area (Å²) < 4.78 is 33.5. The van der Waals surface area contributed by atoms with Crippen LogP contribution in [0.4, 0.5) is 19.4 Å². The topological polar surface area (TPSA) is 116 Å². The highest BCUT2D eigenvalue weighted by Crippen LogP contribution is 2.44. The normalized spacial score (nSPS) is 16.9. The molecule has 186 valence electrons. The van der Waals surface area contributed by atoms with E-state index in [1.54, 1.807) is 4.90 Å². The van der Waals surface area contributed by atoms with Crippen LogP contribution in [0.1, 0.15) is 42.0 Å². The molecular formula is C23H28F2N8O2. The third-order valence-corrected chi connectivity index (χ3v) is 7.12. The Morgan fingerprint density at radius 1 is 1.26 bits per heavy atom. The van der Waals surface area contributed by atoms with Gasteiger partial charge in [-0.15, -0.1) is 0 Å². The van der Waals surface area contributed by atoms with Gasteiger partial charge in [-0.3, -0.25) is 9.36 Å². The molecule has 35 heavy (non-hydrogen) atoms. The molecule has 1 spiro atoms. The standard InChI is InChI=1S/C23H28F2N8O2/c1-12-13(2)29-31(4)19(12)14(3)28-22(34)32-10-23(11-32)5-6-33-18(23)8-16(30-33)15-7-17(35-21(24)25)20(26)27-9-15/h7-9,14,21H,5-6,10-11H2,1-4H3,(H2,26,27)(H,28,34). The van der Waals surface area contributed by atoms with Crippen LogP contribution in [0.3, 0.4) is 0 Å². The van der Waals surface area contributed by atoms with Gasteiger partial charge in [-0.2, -0.15) is 19.0 Å². The number of amides is 2. The van der Waals surface area contributed by atoms with E-state index in [1.807, 2.05) is 43.2 Å². The fourth-order valence-electron chi connectivity index (χ4n) is 5.27. The summed E-state index contributed by atoms with van der Waals surface area (Å²) in [7, 11) is 1.88. The van der Waals surface area contributed by atoms with Crippen molar-refractivity contribution >= 4 is 11.8 Å². The van der Waals surface area contributed by atoms with E-state index in [-0.39, 0.29) is 29.1 Å². The number of urea groups is 1. The van der Waals surface area contributed by atoms with Crippen LogP contribution in [0.25, 0.3) is 11.3 Å². The number of alkyl halides is 2. The number of nitrogens with one attached hydrogen (secondary N) is 1. The molecule has 5 heterocycles. The lowest BCUT2D eigenvalue weighted by Gasteiger charge is -2.47. The zero-order valence-corrected chi connectivity index (χ0v) is 20.0. The molecule has 5 rings (SSSR count). The van der Waals surface area contributed by atoms with E-state index in [9.17, 15) is 13.6 Å². The fourth-order valence-corrected chi connectivity index (χ4v) is 5.27. The van der Waals surface area contributed by atoms with Crippen LogP contribution in [0.5, 0.6) is 5.75 Å². The Bertz CT molecular complexity index is 1290. The Morgan fingerprint density at radius 3 is 2.66 bits per heavy atom. The van der Waals surface area contributed by atoms with E-state index in [0.717, 1.165) is 35.6 Å². The Hall–Kier alpha value is -3.70. The van der Waals surface area contributed by atoms with E-state index in [4.69, 9.17) is 5.73 Å². The second-order valence-corrected chi connectivity index (χ2v) is 9.40. The largest absolute Gasteiger partial charge is 0.431 e. The first-order valence-electron chi connectivity index (χ1n) is 11.4. The molecule has 1 saturated heterocycles. The smallest absolute Gasteiger partial charge is 0.387 e. The van der Waals surface area contributed by atoms with Crippen LogP contribution >= 0.6 is 0 Å². The minimum Gasteiger partial charge on any atom is -0.431 e. The number of likely N-dealkylation sites (tertiary alicyclic amines) is 1. The van der Waals surface area contributed by atoms with Gasteiger partial charge in [-0.05, 0) is 44.9 Å².